The fourth-order valence-corrected chi connectivity index (χ4v) is 1.87. The largest absolute Gasteiger partial charge is 0.397 e. The first-order valence-corrected chi connectivity index (χ1v) is 5.42. The summed E-state index contributed by atoms with van der Waals surface area (Å²) < 4.78 is 0. The Morgan fingerprint density at radius 2 is 2.19 bits per heavy atom. The van der Waals surface area contributed by atoms with E-state index in [1.54, 1.807) is 6.07 Å². The van der Waals surface area contributed by atoms with Crippen LogP contribution in [0.1, 0.15) is 5.56 Å². The van der Waals surface area contributed by atoms with Gasteiger partial charge < -0.3 is 15.6 Å². The van der Waals surface area contributed by atoms with Crippen LogP contribution in [0.5, 0.6) is 0 Å². The molecule has 1 aromatic carbocycles. The smallest absolute Gasteiger partial charge is 0.0601 e. The van der Waals surface area contributed by atoms with Crippen molar-refractivity contribution >= 4 is 23.0 Å². The van der Waals surface area contributed by atoms with E-state index in [9.17, 15) is 0 Å². The number of nitrogens with zero attached hydrogens (tertiary/aromatic N) is 1. The van der Waals surface area contributed by atoms with E-state index in [0.29, 0.717) is 10.7 Å². The monoisotopic (exact) mass is 235 g/mol. The topological polar surface area (TPSA) is 45.0 Å². The van der Waals surface area contributed by atoms with Crippen LogP contribution in [0.2, 0.25) is 5.02 Å². The maximum Gasteiger partial charge on any atom is 0.0601 e. The summed E-state index contributed by atoms with van der Waals surface area (Å²) in [4.78, 5) is 5.12. The van der Waals surface area contributed by atoms with Gasteiger partial charge in [-0.25, -0.2) is 0 Å². The Labute approximate surface area is 99.8 Å². The quantitative estimate of drug-likeness (QED) is 0.804. The van der Waals surface area contributed by atoms with Crippen molar-refractivity contribution in [2.75, 3.05) is 17.7 Å². The molecule has 2 rings (SSSR count). The lowest BCUT2D eigenvalue weighted by atomic mass is 10.2. The van der Waals surface area contributed by atoms with Crippen LogP contribution in [-0.2, 0) is 6.54 Å². The van der Waals surface area contributed by atoms with Gasteiger partial charge >= 0.3 is 0 Å². The van der Waals surface area contributed by atoms with E-state index in [-0.39, 0.29) is 0 Å². The van der Waals surface area contributed by atoms with Gasteiger partial charge in [0.05, 0.1) is 11.4 Å². The normalized spacial score (nSPS) is 10.4. The lowest BCUT2D eigenvalue weighted by molar-refractivity contribution is 0.926. The van der Waals surface area contributed by atoms with Crippen molar-refractivity contribution in [3.63, 3.8) is 0 Å². The van der Waals surface area contributed by atoms with Gasteiger partial charge in [-0.05, 0) is 29.8 Å². The van der Waals surface area contributed by atoms with Crippen LogP contribution in [-0.4, -0.2) is 12.0 Å². The van der Waals surface area contributed by atoms with Gasteiger partial charge in [-0.1, -0.05) is 11.6 Å². The van der Waals surface area contributed by atoms with E-state index in [0.717, 1.165) is 12.2 Å². The van der Waals surface area contributed by atoms with Crippen molar-refractivity contribution in [2.45, 2.75) is 6.54 Å². The molecule has 0 fully saturated rings. The molecule has 1 aromatic heterocycles. The van der Waals surface area contributed by atoms with Crippen molar-refractivity contribution in [3.05, 3.63) is 47.2 Å². The van der Waals surface area contributed by atoms with Crippen molar-refractivity contribution in [1.82, 2.24) is 4.98 Å². The number of nitrogens with one attached hydrogen (secondary N) is 1. The van der Waals surface area contributed by atoms with Crippen molar-refractivity contribution in [3.8, 4) is 0 Å². The molecule has 0 aliphatic rings. The lowest BCUT2D eigenvalue weighted by Gasteiger charge is -2.20. The molecule has 0 saturated heterocycles. The predicted molar refractivity (Wildman–Crippen MR) is 68.8 cm³/mol. The molecule has 0 amide bonds. The zero-order valence-corrected chi connectivity index (χ0v) is 9.83. The number of anilines is 2. The molecule has 3 N–H and O–H groups in total. The highest BCUT2D eigenvalue weighted by molar-refractivity contribution is 6.31. The van der Waals surface area contributed by atoms with Gasteiger partial charge in [0, 0.05) is 31.0 Å². The molecule has 0 aliphatic heterocycles. The average molecular weight is 236 g/mol. The highest BCUT2D eigenvalue weighted by atomic mass is 35.5. The Kier molecular flexibility index (Phi) is 3.06. The molecular formula is C12H14ClN3. The van der Waals surface area contributed by atoms with Gasteiger partial charge in [0.15, 0.2) is 0 Å². The zero-order chi connectivity index (χ0) is 11.5. The first kappa shape index (κ1) is 10.9. The van der Waals surface area contributed by atoms with Crippen molar-refractivity contribution in [2.24, 2.45) is 0 Å². The first-order chi connectivity index (χ1) is 7.66. The fraction of sp³-hybridized carbons (Fsp3) is 0.167. The highest BCUT2D eigenvalue weighted by Crippen LogP contribution is 2.26. The molecule has 4 heteroatoms. The van der Waals surface area contributed by atoms with E-state index < -0.39 is 0 Å². The number of H-pyrrole nitrogens is 1. The van der Waals surface area contributed by atoms with Crippen LogP contribution >= 0.6 is 11.6 Å². The van der Waals surface area contributed by atoms with Gasteiger partial charge in [-0.15, -0.1) is 0 Å². The predicted octanol–water partition coefficient (Wildman–Crippen LogP) is 2.89. The van der Waals surface area contributed by atoms with Gasteiger partial charge in [-0.2, -0.15) is 0 Å². The van der Waals surface area contributed by atoms with E-state index in [2.05, 4.69) is 9.88 Å². The zero-order valence-electron chi connectivity index (χ0n) is 9.07. The molecule has 84 valence electrons. The Morgan fingerprint density at radius 3 is 2.81 bits per heavy atom. The number of nitrogen functional groups attached to an aromatic ring is 1. The summed E-state index contributed by atoms with van der Waals surface area (Å²) in [5, 5.41) is 0.663. The molecule has 1 heterocycles. The number of benzene rings is 1. The van der Waals surface area contributed by atoms with Crippen LogP contribution in [0.3, 0.4) is 0 Å². The summed E-state index contributed by atoms with van der Waals surface area (Å²) in [5.41, 5.74) is 8.83. The second-order valence-electron chi connectivity index (χ2n) is 3.78. The van der Waals surface area contributed by atoms with Gasteiger partial charge in [0.2, 0.25) is 0 Å². The van der Waals surface area contributed by atoms with E-state index in [1.165, 1.54) is 5.56 Å². The van der Waals surface area contributed by atoms with Gasteiger partial charge in [0.1, 0.15) is 0 Å². The minimum atomic E-state index is 0.663. The fourth-order valence-electron chi connectivity index (χ4n) is 1.69. The number of aromatic amines is 1. The minimum absolute atomic E-state index is 0.663. The number of rotatable bonds is 3. The standard InChI is InChI=1S/C12H14ClN3/c1-16(8-9-4-5-15-7-9)12-3-2-10(13)6-11(12)14/h2-7,15H,8,14H2,1H3. The molecule has 0 radical (unpaired) electrons. The molecule has 16 heavy (non-hydrogen) atoms. The molecule has 3 nitrogen and oxygen atoms in total. The maximum atomic E-state index is 5.92. The minimum Gasteiger partial charge on any atom is -0.397 e. The third-order valence-electron chi connectivity index (χ3n) is 2.48. The molecule has 0 spiro atoms. The van der Waals surface area contributed by atoms with Crippen LogP contribution in [0.25, 0.3) is 0 Å². The summed E-state index contributed by atoms with van der Waals surface area (Å²) >= 11 is 5.86. The Morgan fingerprint density at radius 1 is 1.38 bits per heavy atom. The van der Waals surface area contributed by atoms with Crippen molar-refractivity contribution < 1.29 is 0 Å². The summed E-state index contributed by atoms with van der Waals surface area (Å²) in [7, 11) is 2.01. The molecular weight excluding hydrogens is 222 g/mol. The molecule has 0 atom stereocenters. The maximum absolute atomic E-state index is 5.92. The van der Waals surface area contributed by atoms with Gasteiger partial charge in [-0.3, -0.25) is 0 Å². The van der Waals surface area contributed by atoms with Gasteiger partial charge in [0.25, 0.3) is 0 Å². The molecule has 0 unspecified atom stereocenters. The van der Waals surface area contributed by atoms with Crippen LogP contribution < -0.4 is 10.6 Å². The highest BCUT2D eigenvalue weighted by Gasteiger charge is 2.06. The molecule has 0 saturated carbocycles. The van der Waals surface area contributed by atoms with E-state index >= 15 is 0 Å². The lowest BCUT2D eigenvalue weighted by Crippen LogP contribution is -2.17. The Balaban J connectivity index is 2.17. The van der Waals surface area contributed by atoms with Crippen molar-refractivity contribution in [1.29, 1.82) is 0 Å². The number of nitrogens with two attached hydrogens (primary N) is 1. The number of hydrogen-bond donors (Lipinski definition) is 2. The number of halogens is 1. The Hall–Kier alpha value is -1.61. The Bertz CT molecular complexity index is 465. The average Bonchev–Trinajstić information content (AvgIpc) is 2.70. The SMILES string of the molecule is CN(Cc1cc[nH]c1)c1ccc(Cl)cc1N. The van der Waals surface area contributed by atoms with Crippen LogP contribution in [0.15, 0.2) is 36.7 Å². The number of aromatic nitrogens is 1. The third kappa shape index (κ3) is 2.31. The first-order valence-electron chi connectivity index (χ1n) is 5.04. The number of hydrogen-bond acceptors (Lipinski definition) is 2. The van der Waals surface area contributed by atoms with E-state index in [4.69, 9.17) is 17.3 Å². The second-order valence-corrected chi connectivity index (χ2v) is 4.21. The second kappa shape index (κ2) is 4.49. The molecule has 0 aliphatic carbocycles. The van der Waals surface area contributed by atoms with E-state index in [1.807, 2.05) is 37.6 Å². The summed E-state index contributed by atoms with van der Waals surface area (Å²) in [6.45, 7) is 0.815. The molecule has 2 aromatic rings. The summed E-state index contributed by atoms with van der Waals surface area (Å²) in [5.74, 6) is 0. The third-order valence-corrected chi connectivity index (χ3v) is 2.72. The summed E-state index contributed by atoms with van der Waals surface area (Å²) in [6, 6.07) is 7.60. The summed E-state index contributed by atoms with van der Waals surface area (Å²) in [6.07, 6.45) is 3.89. The molecule has 0 bridgehead atoms. The van der Waals surface area contributed by atoms with Crippen LogP contribution in [0, 0.1) is 0 Å². The van der Waals surface area contributed by atoms with Crippen LogP contribution in [0.4, 0.5) is 11.4 Å².